The lowest BCUT2D eigenvalue weighted by molar-refractivity contribution is -0.143. The molecule has 1 aliphatic heterocycles. The fourth-order valence-corrected chi connectivity index (χ4v) is 2.51. The van der Waals surface area contributed by atoms with E-state index >= 15 is 0 Å². The molecule has 4 nitrogen and oxygen atoms in total. The number of nitrogens with two attached hydrogens (primary N) is 1. The summed E-state index contributed by atoms with van der Waals surface area (Å²) < 4.78 is 6.82. The zero-order valence-corrected chi connectivity index (χ0v) is 13.5. The van der Waals surface area contributed by atoms with Gasteiger partial charge in [0.2, 0.25) is 5.91 Å². The molecule has 0 radical (unpaired) electrons. The summed E-state index contributed by atoms with van der Waals surface area (Å²) in [4.78, 5) is 14.2. The van der Waals surface area contributed by atoms with Gasteiger partial charge in [0.25, 0.3) is 0 Å². The van der Waals surface area contributed by atoms with Crippen LogP contribution in [0.2, 0.25) is 0 Å². The Bertz CT molecular complexity index is 461. The molecular weight excluding hydrogens is 320 g/mol. The summed E-state index contributed by atoms with van der Waals surface area (Å²) in [5.74, 6) is -0.0379. The monoisotopic (exact) mass is 340 g/mol. The van der Waals surface area contributed by atoms with Crippen molar-refractivity contribution >= 4 is 21.8 Å². The molecule has 1 fully saturated rings. The number of halogens is 1. The Labute approximate surface area is 128 Å². The van der Waals surface area contributed by atoms with Crippen LogP contribution < -0.4 is 5.73 Å². The van der Waals surface area contributed by atoms with Gasteiger partial charge in [0.05, 0.1) is 19.1 Å². The number of carbonyl (C=O) groups is 1. The van der Waals surface area contributed by atoms with E-state index in [1.54, 1.807) is 0 Å². The first kappa shape index (κ1) is 15.5. The zero-order valence-electron chi connectivity index (χ0n) is 11.9. The average molecular weight is 341 g/mol. The van der Waals surface area contributed by atoms with E-state index in [4.69, 9.17) is 10.5 Å². The summed E-state index contributed by atoms with van der Waals surface area (Å²) in [6.45, 7) is 5.56. The molecule has 1 amide bonds. The van der Waals surface area contributed by atoms with Crippen LogP contribution in [0.5, 0.6) is 0 Å². The molecule has 0 bridgehead atoms. The molecule has 1 saturated heterocycles. The van der Waals surface area contributed by atoms with Gasteiger partial charge in [0.1, 0.15) is 6.10 Å². The maximum absolute atomic E-state index is 12.4. The van der Waals surface area contributed by atoms with E-state index < -0.39 is 0 Å². The lowest BCUT2D eigenvalue weighted by Gasteiger charge is -2.35. The van der Waals surface area contributed by atoms with Crippen molar-refractivity contribution < 1.29 is 9.53 Å². The topological polar surface area (TPSA) is 55.6 Å². The van der Waals surface area contributed by atoms with Crippen LogP contribution in [-0.2, 0) is 9.53 Å². The molecule has 0 spiro atoms. The van der Waals surface area contributed by atoms with Crippen LogP contribution in [0.4, 0.5) is 0 Å². The van der Waals surface area contributed by atoms with Crippen molar-refractivity contribution in [3.63, 3.8) is 0 Å². The van der Waals surface area contributed by atoms with Gasteiger partial charge in [-0.25, -0.2) is 0 Å². The minimum atomic E-state index is -0.154. The molecule has 3 unspecified atom stereocenters. The highest BCUT2D eigenvalue weighted by Crippen LogP contribution is 2.24. The molecule has 0 aromatic heterocycles. The first-order valence-electron chi connectivity index (χ1n) is 6.90. The second-order valence-electron chi connectivity index (χ2n) is 5.34. The largest absolute Gasteiger partial charge is 0.370 e. The van der Waals surface area contributed by atoms with E-state index in [9.17, 15) is 4.79 Å². The van der Waals surface area contributed by atoms with Gasteiger partial charge in [-0.2, -0.15) is 0 Å². The molecule has 1 heterocycles. The van der Waals surface area contributed by atoms with Gasteiger partial charge in [-0.05, 0) is 24.6 Å². The molecule has 1 aromatic carbocycles. The van der Waals surface area contributed by atoms with Gasteiger partial charge in [-0.15, -0.1) is 0 Å². The van der Waals surface area contributed by atoms with Crippen molar-refractivity contribution in [2.24, 2.45) is 11.7 Å². The Morgan fingerprint density at radius 2 is 2.05 bits per heavy atom. The minimum Gasteiger partial charge on any atom is -0.370 e. The van der Waals surface area contributed by atoms with Crippen LogP contribution in [0, 0.1) is 5.92 Å². The summed E-state index contributed by atoms with van der Waals surface area (Å²) >= 11 is 3.42. The zero-order chi connectivity index (χ0) is 14.7. The highest BCUT2D eigenvalue weighted by atomic mass is 79.9. The number of amides is 1. The van der Waals surface area contributed by atoms with E-state index in [-0.39, 0.29) is 24.0 Å². The number of morpholine rings is 1. The van der Waals surface area contributed by atoms with Gasteiger partial charge in [-0.3, -0.25) is 4.79 Å². The average Bonchev–Trinajstić information content (AvgIpc) is 2.46. The van der Waals surface area contributed by atoms with Gasteiger partial charge in [0, 0.05) is 17.1 Å². The summed E-state index contributed by atoms with van der Waals surface area (Å²) in [5, 5.41) is 0. The molecule has 2 N–H and O–H groups in total. The predicted molar refractivity (Wildman–Crippen MR) is 82.2 cm³/mol. The van der Waals surface area contributed by atoms with Gasteiger partial charge < -0.3 is 15.4 Å². The van der Waals surface area contributed by atoms with Crippen LogP contribution in [0.3, 0.4) is 0 Å². The molecule has 0 saturated carbocycles. The van der Waals surface area contributed by atoms with Crippen molar-refractivity contribution in [3.05, 3.63) is 34.3 Å². The fraction of sp³-hybridized carbons (Fsp3) is 0.533. The third kappa shape index (κ3) is 3.59. The molecule has 1 aliphatic rings. The number of ether oxygens (including phenoxy) is 1. The Hall–Kier alpha value is -0.910. The quantitative estimate of drug-likeness (QED) is 0.918. The Morgan fingerprint density at radius 3 is 2.65 bits per heavy atom. The molecule has 0 aliphatic carbocycles. The lowest BCUT2D eigenvalue weighted by Crippen LogP contribution is -2.47. The van der Waals surface area contributed by atoms with Crippen LogP contribution in [0.25, 0.3) is 0 Å². The summed E-state index contributed by atoms with van der Waals surface area (Å²) in [6, 6.07) is 7.90. The van der Waals surface area contributed by atoms with Crippen molar-refractivity contribution in [1.82, 2.24) is 4.90 Å². The first-order valence-corrected chi connectivity index (χ1v) is 7.69. The number of hydrogen-bond donors (Lipinski definition) is 1. The summed E-state index contributed by atoms with van der Waals surface area (Å²) in [6.07, 6.45) is -0.0546. The van der Waals surface area contributed by atoms with Crippen LogP contribution in [-0.4, -0.2) is 36.5 Å². The minimum absolute atomic E-state index is 0.0546. The Morgan fingerprint density at radius 1 is 1.40 bits per heavy atom. The normalized spacial score (nSPS) is 22.4. The molecule has 2 rings (SSSR count). The third-order valence-electron chi connectivity index (χ3n) is 3.80. The molecule has 3 atom stereocenters. The van der Waals surface area contributed by atoms with Crippen molar-refractivity contribution in [3.8, 4) is 0 Å². The van der Waals surface area contributed by atoms with Gasteiger partial charge in [0.15, 0.2) is 0 Å². The highest BCUT2D eigenvalue weighted by Gasteiger charge is 2.29. The second-order valence-corrected chi connectivity index (χ2v) is 6.26. The predicted octanol–water partition coefficient (Wildman–Crippen LogP) is 2.33. The van der Waals surface area contributed by atoms with Crippen LogP contribution in [0.15, 0.2) is 28.7 Å². The SMILES string of the molecule is CC(N)C(C)C(=O)N1CCOC(c2ccc(Br)cc2)C1. The standard InChI is InChI=1S/C15H21BrN2O2/c1-10(11(2)17)15(19)18-7-8-20-14(9-18)12-3-5-13(16)6-4-12/h3-6,10-11,14H,7-9,17H2,1-2H3. The maximum atomic E-state index is 12.4. The Balaban J connectivity index is 2.05. The number of rotatable bonds is 3. The number of nitrogens with zero attached hydrogens (tertiary/aromatic N) is 1. The molecular formula is C15H21BrN2O2. The number of hydrogen-bond acceptors (Lipinski definition) is 3. The molecule has 110 valence electrons. The number of benzene rings is 1. The smallest absolute Gasteiger partial charge is 0.227 e. The lowest BCUT2D eigenvalue weighted by atomic mass is 10.0. The van der Waals surface area contributed by atoms with Crippen molar-refractivity contribution in [2.45, 2.75) is 26.0 Å². The fourth-order valence-electron chi connectivity index (χ4n) is 2.24. The van der Waals surface area contributed by atoms with E-state index in [2.05, 4.69) is 15.9 Å². The van der Waals surface area contributed by atoms with Crippen LogP contribution >= 0.6 is 15.9 Å². The second kappa shape index (κ2) is 6.70. The van der Waals surface area contributed by atoms with E-state index in [0.717, 1.165) is 10.0 Å². The van der Waals surface area contributed by atoms with Crippen molar-refractivity contribution in [1.29, 1.82) is 0 Å². The Kier molecular flexibility index (Phi) is 5.18. The maximum Gasteiger partial charge on any atom is 0.227 e. The first-order chi connectivity index (χ1) is 9.49. The van der Waals surface area contributed by atoms with E-state index in [0.29, 0.717) is 19.7 Å². The van der Waals surface area contributed by atoms with Crippen LogP contribution in [0.1, 0.15) is 25.5 Å². The summed E-state index contributed by atoms with van der Waals surface area (Å²) in [5.41, 5.74) is 6.92. The number of carbonyl (C=O) groups excluding carboxylic acids is 1. The molecule has 20 heavy (non-hydrogen) atoms. The molecule has 5 heteroatoms. The van der Waals surface area contributed by atoms with Gasteiger partial charge in [-0.1, -0.05) is 35.0 Å². The van der Waals surface area contributed by atoms with E-state index in [1.807, 2.05) is 43.0 Å². The highest BCUT2D eigenvalue weighted by molar-refractivity contribution is 9.10. The molecule has 1 aromatic rings. The van der Waals surface area contributed by atoms with Gasteiger partial charge >= 0.3 is 0 Å². The third-order valence-corrected chi connectivity index (χ3v) is 4.33. The van der Waals surface area contributed by atoms with E-state index in [1.165, 1.54) is 0 Å². The summed E-state index contributed by atoms with van der Waals surface area (Å²) in [7, 11) is 0. The van der Waals surface area contributed by atoms with Crippen molar-refractivity contribution in [2.75, 3.05) is 19.7 Å².